The highest BCUT2D eigenvalue weighted by atomic mass is 32.2. The molecule has 0 aliphatic carbocycles. The predicted molar refractivity (Wildman–Crippen MR) is 110 cm³/mol. The van der Waals surface area contributed by atoms with Crippen molar-refractivity contribution >= 4 is 51.0 Å². The minimum Gasteiger partial charge on any atom is -0.461 e. The van der Waals surface area contributed by atoms with Gasteiger partial charge in [-0.15, -0.1) is 11.3 Å². The summed E-state index contributed by atoms with van der Waals surface area (Å²) in [4.78, 5) is 22.0. The summed E-state index contributed by atoms with van der Waals surface area (Å²) in [5.74, 6) is 2.20. The Morgan fingerprint density at radius 1 is 1.27 bits per heavy atom. The molecular formula is C19H18N2O2S3. The van der Waals surface area contributed by atoms with Gasteiger partial charge in [0.25, 0.3) is 0 Å². The van der Waals surface area contributed by atoms with Crippen LogP contribution in [-0.4, -0.2) is 39.3 Å². The number of thioether (sulfide) groups is 2. The summed E-state index contributed by atoms with van der Waals surface area (Å²) >= 11 is 4.90. The minimum absolute atomic E-state index is 0.0632. The van der Waals surface area contributed by atoms with Gasteiger partial charge in [0.05, 0.1) is 11.1 Å². The number of ether oxygens (including phenoxy) is 1. The lowest BCUT2D eigenvalue weighted by Gasteiger charge is -2.21. The van der Waals surface area contributed by atoms with Crippen LogP contribution >= 0.6 is 34.9 Å². The van der Waals surface area contributed by atoms with Crippen molar-refractivity contribution in [3.63, 3.8) is 0 Å². The molecule has 0 amide bonds. The molecule has 0 bridgehead atoms. The van der Waals surface area contributed by atoms with Gasteiger partial charge in [-0.3, -0.25) is 4.79 Å². The molecule has 1 unspecified atom stereocenters. The summed E-state index contributed by atoms with van der Waals surface area (Å²) in [6.07, 6.45) is 3.73. The Morgan fingerprint density at radius 2 is 2.15 bits per heavy atom. The first-order chi connectivity index (χ1) is 12.8. The van der Waals surface area contributed by atoms with Crippen LogP contribution in [0.25, 0.3) is 21.3 Å². The minimum atomic E-state index is -0.161. The molecule has 1 fully saturated rings. The molecule has 3 heterocycles. The Labute approximate surface area is 164 Å². The summed E-state index contributed by atoms with van der Waals surface area (Å²) < 4.78 is 5.60. The number of hydrogen-bond donors (Lipinski definition) is 0. The number of benzene rings is 1. The summed E-state index contributed by atoms with van der Waals surface area (Å²) in [6.45, 7) is 0. The van der Waals surface area contributed by atoms with Crippen LogP contribution in [0.4, 0.5) is 0 Å². The van der Waals surface area contributed by atoms with E-state index in [0.29, 0.717) is 0 Å². The number of thiophene rings is 1. The molecule has 26 heavy (non-hydrogen) atoms. The molecule has 3 aromatic rings. The molecule has 0 spiro atoms. The molecule has 4 rings (SSSR count). The van der Waals surface area contributed by atoms with Gasteiger partial charge in [-0.25, -0.2) is 9.97 Å². The molecule has 1 aromatic carbocycles. The molecule has 0 radical (unpaired) electrons. The molecule has 1 aliphatic heterocycles. The first-order valence-electron chi connectivity index (χ1n) is 8.49. The molecular weight excluding hydrogens is 384 g/mol. The molecule has 1 atom stereocenters. The third-order valence-corrected chi connectivity index (χ3v) is 7.20. The highest BCUT2D eigenvalue weighted by Gasteiger charge is 2.19. The maximum Gasteiger partial charge on any atom is 0.316 e. The molecule has 1 saturated heterocycles. The van der Waals surface area contributed by atoms with Gasteiger partial charge in [0.1, 0.15) is 22.3 Å². The van der Waals surface area contributed by atoms with Crippen molar-refractivity contribution in [3.05, 3.63) is 42.0 Å². The fourth-order valence-corrected chi connectivity index (χ4v) is 5.75. The van der Waals surface area contributed by atoms with E-state index in [1.807, 2.05) is 30.0 Å². The standard InChI is InChI=1S/C19H18N2O2S3/c22-16(23-14-7-4-8-24-9-14)11-26-19-17-15(13-5-2-1-3-6-13)10-25-18(17)20-12-21-19/h1-3,5-6,10,12,14H,4,7-9,11H2. The van der Waals surface area contributed by atoms with E-state index in [0.717, 1.165) is 45.0 Å². The van der Waals surface area contributed by atoms with Gasteiger partial charge in [-0.1, -0.05) is 42.1 Å². The zero-order valence-corrected chi connectivity index (χ0v) is 16.5. The van der Waals surface area contributed by atoms with E-state index >= 15 is 0 Å². The summed E-state index contributed by atoms with van der Waals surface area (Å²) in [7, 11) is 0. The van der Waals surface area contributed by atoms with Gasteiger partial charge in [0.2, 0.25) is 0 Å². The molecule has 0 saturated carbocycles. The Bertz CT molecular complexity index is 892. The van der Waals surface area contributed by atoms with Crippen LogP contribution in [0.1, 0.15) is 12.8 Å². The monoisotopic (exact) mass is 402 g/mol. The second kappa shape index (κ2) is 8.41. The normalized spacial score (nSPS) is 17.3. The van der Waals surface area contributed by atoms with Crippen molar-refractivity contribution in [2.24, 2.45) is 0 Å². The highest BCUT2D eigenvalue weighted by Crippen LogP contribution is 2.37. The zero-order valence-electron chi connectivity index (χ0n) is 14.1. The number of esters is 1. The van der Waals surface area contributed by atoms with Gasteiger partial charge in [0, 0.05) is 16.7 Å². The van der Waals surface area contributed by atoms with Gasteiger partial charge < -0.3 is 4.74 Å². The van der Waals surface area contributed by atoms with E-state index in [9.17, 15) is 4.79 Å². The van der Waals surface area contributed by atoms with Crippen molar-refractivity contribution in [2.45, 2.75) is 24.0 Å². The van der Waals surface area contributed by atoms with Crippen LogP contribution < -0.4 is 0 Å². The second-order valence-electron chi connectivity index (χ2n) is 5.99. The van der Waals surface area contributed by atoms with Gasteiger partial charge in [0.15, 0.2) is 0 Å². The van der Waals surface area contributed by atoms with Crippen molar-refractivity contribution in [3.8, 4) is 11.1 Å². The molecule has 0 N–H and O–H groups in total. The van der Waals surface area contributed by atoms with E-state index in [-0.39, 0.29) is 17.8 Å². The fraction of sp³-hybridized carbons (Fsp3) is 0.316. The zero-order chi connectivity index (χ0) is 17.8. The smallest absolute Gasteiger partial charge is 0.316 e. The lowest BCUT2D eigenvalue weighted by Crippen LogP contribution is -2.24. The summed E-state index contributed by atoms with van der Waals surface area (Å²) in [5.41, 5.74) is 2.25. The number of carbonyl (C=O) groups is 1. The van der Waals surface area contributed by atoms with Crippen LogP contribution in [0.3, 0.4) is 0 Å². The topological polar surface area (TPSA) is 52.1 Å². The Morgan fingerprint density at radius 3 is 2.96 bits per heavy atom. The highest BCUT2D eigenvalue weighted by molar-refractivity contribution is 8.00. The molecule has 4 nitrogen and oxygen atoms in total. The quantitative estimate of drug-likeness (QED) is 0.344. The van der Waals surface area contributed by atoms with Gasteiger partial charge >= 0.3 is 5.97 Å². The third-order valence-electron chi connectivity index (χ3n) is 4.16. The molecule has 134 valence electrons. The number of carbonyl (C=O) groups excluding carboxylic acids is 1. The van der Waals surface area contributed by atoms with Crippen LogP contribution in [-0.2, 0) is 9.53 Å². The maximum absolute atomic E-state index is 12.2. The third kappa shape index (κ3) is 4.05. The first-order valence-corrected chi connectivity index (χ1v) is 11.5. The molecule has 1 aliphatic rings. The van der Waals surface area contributed by atoms with Crippen LogP contribution in [0, 0.1) is 0 Å². The lowest BCUT2D eigenvalue weighted by atomic mass is 10.1. The predicted octanol–water partition coefficient (Wildman–Crippen LogP) is 4.89. The van der Waals surface area contributed by atoms with Crippen molar-refractivity contribution < 1.29 is 9.53 Å². The van der Waals surface area contributed by atoms with E-state index in [4.69, 9.17) is 4.74 Å². The fourth-order valence-electron chi connectivity index (χ4n) is 2.94. The van der Waals surface area contributed by atoms with E-state index in [2.05, 4.69) is 27.5 Å². The number of aromatic nitrogens is 2. The second-order valence-corrected chi connectivity index (χ2v) is 8.96. The SMILES string of the molecule is O=C(CSc1ncnc2scc(-c3ccccc3)c12)OC1CCCSC1. The van der Waals surface area contributed by atoms with Gasteiger partial charge in [-0.2, -0.15) is 11.8 Å². The van der Waals surface area contributed by atoms with Crippen molar-refractivity contribution in [1.29, 1.82) is 0 Å². The first kappa shape index (κ1) is 17.8. The number of hydrogen-bond acceptors (Lipinski definition) is 7. The Kier molecular flexibility index (Phi) is 5.77. The molecule has 2 aromatic heterocycles. The Hall–Kier alpha value is -1.57. The van der Waals surface area contributed by atoms with Crippen LogP contribution in [0.15, 0.2) is 47.1 Å². The largest absolute Gasteiger partial charge is 0.461 e. The average Bonchev–Trinajstić information content (AvgIpc) is 3.13. The van der Waals surface area contributed by atoms with E-state index in [1.54, 1.807) is 17.7 Å². The Balaban J connectivity index is 1.51. The number of fused-ring (bicyclic) bond motifs is 1. The van der Waals surface area contributed by atoms with Crippen molar-refractivity contribution in [1.82, 2.24) is 9.97 Å². The van der Waals surface area contributed by atoms with E-state index in [1.165, 1.54) is 17.5 Å². The molecule has 7 heteroatoms. The van der Waals surface area contributed by atoms with Crippen LogP contribution in [0.5, 0.6) is 0 Å². The average molecular weight is 403 g/mol. The maximum atomic E-state index is 12.2. The van der Waals surface area contributed by atoms with Crippen molar-refractivity contribution in [2.75, 3.05) is 17.3 Å². The number of rotatable bonds is 5. The summed E-state index contributed by atoms with van der Waals surface area (Å²) in [5, 5.41) is 3.97. The van der Waals surface area contributed by atoms with Gasteiger partial charge in [-0.05, 0) is 24.2 Å². The van der Waals surface area contributed by atoms with E-state index < -0.39 is 0 Å². The summed E-state index contributed by atoms with van der Waals surface area (Å²) in [6, 6.07) is 10.2. The lowest BCUT2D eigenvalue weighted by molar-refractivity contribution is -0.145. The number of nitrogens with zero attached hydrogens (tertiary/aromatic N) is 2. The van der Waals surface area contributed by atoms with Crippen LogP contribution in [0.2, 0.25) is 0 Å².